The summed E-state index contributed by atoms with van der Waals surface area (Å²) in [5.74, 6) is 0.876. The minimum Gasteiger partial charge on any atom is -0.481 e. The van der Waals surface area contributed by atoms with Crippen LogP contribution in [0.1, 0.15) is 16.9 Å². The standard InChI is InChI=1S/C24H25N7O5S/c1-34-19-3-2-14(11-25-19)23-27-17(13-36-23)22(33)26-16-10-18-20(28-21(16)31-5-4-15(32)12-31)29-24(37-18)30-6-8-35-9-7-30/h2-3,10-11,13,15,32H,4-9,12H2,1H3,(H,26,33). The third kappa shape index (κ3) is 4.80. The number of carbonyl (C=O) groups excluding carboxylic acids is 1. The van der Waals surface area contributed by atoms with E-state index in [-0.39, 0.29) is 11.6 Å². The third-order valence-electron chi connectivity index (χ3n) is 6.27. The van der Waals surface area contributed by atoms with E-state index in [0.717, 1.165) is 22.9 Å². The molecule has 0 radical (unpaired) electrons. The molecule has 4 aromatic heterocycles. The van der Waals surface area contributed by atoms with Gasteiger partial charge in [-0.1, -0.05) is 11.3 Å². The summed E-state index contributed by atoms with van der Waals surface area (Å²) in [6.45, 7) is 3.92. The Hall–Kier alpha value is -3.81. The molecular formula is C24H25N7O5S. The van der Waals surface area contributed by atoms with Crippen LogP contribution in [-0.4, -0.2) is 83.6 Å². The lowest BCUT2D eigenvalue weighted by molar-refractivity contribution is 0.102. The maximum atomic E-state index is 13.2. The van der Waals surface area contributed by atoms with E-state index in [1.165, 1.54) is 24.7 Å². The van der Waals surface area contributed by atoms with Gasteiger partial charge in [-0.15, -0.1) is 0 Å². The molecule has 2 N–H and O–H groups in total. The molecule has 0 aromatic carbocycles. The van der Waals surface area contributed by atoms with Crippen molar-refractivity contribution in [1.82, 2.24) is 19.9 Å². The quantitative estimate of drug-likeness (QED) is 0.385. The Bertz CT molecular complexity index is 1420. The number of morpholine rings is 1. The molecule has 0 saturated carbocycles. The molecule has 1 unspecified atom stereocenters. The molecule has 1 amide bonds. The molecule has 37 heavy (non-hydrogen) atoms. The highest BCUT2D eigenvalue weighted by Gasteiger charge is 2.27. The number of β-amino-alcohol motifs (C(OH)–C–C–N with tert-alkyl or cyclic N) is 1. The van der Waals surface area contributed by atoms with Crippen LogP contribution in [0.4, 0.5) is 16.6 Å². The molecule has 12 nitrogen and oxygen atoms in total. The summed E-state index contributed by atoms with van der Waals surface area (Å²) in [6, 6.07) is 5.33. The smallest absolute Gasteiger partial charge is 0.277 e. The lowest BCUT2D eigenvalue weighted by atomic mass is 10.3. The average Bonchev–Trinajstić information content (AvgIpc) is 3.68. The summed E-state index contributed by atoms with van der Waals surface area (Å²) in [5.41, 5.74) is 1.88. The van der Waals surface area contributed by atoms with Crippen LogP contribution in [0.5, 0.6) is 5.88 Å². The summed E-state index contributed by atoms with van der Waals surface area (Å²) in [6.07, 6.45) is 3.06. The lowest BCUT2D eigenvalue weighted by Crippen LogP contribution is -2.36. The largest absolute Gasteiger partial charge is 0.481 e. The molecule has 2 aliphatic heterocycles. The van der Waals surface area contributed by atoms with E-state index in [9.17, 15) is 9.90 Å². The van der Waals surface area contributed by atoms with Crippen LogP contribution < -0.4 is 19.9 Å². The number of oxazole rings is 1. The zero-order chi connectivity index (χ0) is 25.4. The van der Waals surface area contributed by atoms with Crippen molar-refractivity contribution in [1.29, 1.82) is 0 Å². The SMILES string of the molecule is COc1ccc(-c2nc(C(=O)Nc3cc4sc(N5CCOCC5)nc4nc3N3CCC(O)C3)co2)cn1. The van der Waals surface area contributed by atoms with Crippen molar-refractivity contribution < 1.29 is 23.8 Å². The fraction of sp³-hybridized carbons (Fsp3) is 0.375. The zero-order valence-electron chi connectivity index (χ0n) is 20.1. The second-order valence-electron chi connectivity index (χ2n) is 8.75. The second-order valence-corrected chi connectivity index (χ2v) is 9.76. The van der Waals surface area contributed by atoms with Gasteiger partial charge in [-0.2, -0.15) is 4.98 Å². The van der Waals surface area contributed by atoms with Gasteiger partial charge in [0.25, 0.3) is 5.91 Å². The van der Waals surface area contributed by atoms with Gasteiger partial charge in [0.2, 0.25) is 11.8 Å². The van der Waals surface area contributed by atoms with Crippen molar-refractivity contribution in [2.75, 3.05) is 61.6 Å². The van der Waals surface area contributed by atoms with Gasteiger partial charge in [0.15, 0.2) is 22.3 Å². The number of hydrogen-bond acceptors (Lipinski definition) is 12. The summed E-state index contributed by atoms with van der Waals surface area (Å²) in [4.78, 5) is 35.4. The van der Waals surface area contributed by atoms with Gasteiger partial charge in [0.05, 0.1) is 42.4 Å². The first-order valence-electron chi connectivity index (χ1n) is 11.9. The number of ether oxygens (including phenoxy) is 2. The first kappa shape index (κ1) is 23.6. The minimum atomic E-state index is -0.448. The van der Waals surface area contributed by atoms with Crippen LogP contribution in [0.3, 0.4) is 0 Å². The fourth-order valence-corrected chi connectivity index (χ4v) is 5.32. The van der Waals surface area contributed by atoms with Crippen molar-refractivity contribution >= 4 is 44.2 Å². The van der Waals surface area contributed by atoms with Gasteiger partial charge in [-0.3, -0.25) is 4.79 Å². The number of amides is 1. The number of rotatable bonds is 6. The molecule has 0 aliphatic carbocycles. The monoisotopic (exact) mass is 523 g/mol. The molecule has 0 spiro atoms. The van der Waals surface area contributed by atoms with Crippen LogP contribution in [0.15, 0.2) is 35.1 Å². The van der Waals surface area contributed by atoms with E-state index >= 15 is 0 Å². The van der Waals surface area contributed by atoms with E-state index in [1.54, 1.807) is 18.3 Å². The van der Waals surface area contributed by atoms with Crippen molar-refractivity contribution in [3.05, 3.63) is 36.4 Å². The highest BCUT2D eigenvalue weighted by molar-refractivity contribution is 7.22. The van der Waals surface area contributed by atoms with E-state index in [4.69, 9.17) is 23.9 Å². The van der Waals surface area contributed by atoms with Crippen molar-refractivity contribution in [2.24, 2.45) is 0 Å². The molecule has 2 fully saturated rings. The first-order valence-corrected chi connectivity index (χ1v) is 12.7. The van der Waals surface area contributed by atoms with E-state index < -0.39 is 12.0 Å². The summed E-state index contributed by atoms with van der Waals surface area (Å²) in [7, 11) is 1.54. The molecule has 2 saturated heterocycles. The number of thiazole rings is 1. The topological polar surface area (TPSA) is 139 Å². The molecule has 192 valence electrons. The van der Waals surface area contributed by atoms with Crippen LogP contribution in [0.2, 0.25) is 0 Å². The van der Waals surface area contributed by atoms with Crippen molar-refractivity contribution in [2.45, 2.75) is 12.5 Å². The molecule has 1 atom stereocenters. The number of hydrogen-bond donors (Lipinski definition) is 2. The molecule has 6 rings (SSSR count). The van der Waals surface area contributed by atoms with Gasteiger partial charge in [0, 0.05) is 38.4 Å². The Morgan fingerprint density at radius 1 is 1.19 bits per heavy atom. The van der Waals surface area contributed by atoms with Crippen LogP contribution in [-0.2, 0) is 4.74 Å². The van der Waals surface area contributed by atoms with Crippen LogP contribution in [0.25, 0.3) is 21.8 Å². The number of nitrogens with zero attached hydrogens (tertiary/aromatic N) is 6. The summed E-state index contributed by atoms with van der Waals surface area (Å²) < 4.78 is 16.9. The van der Waals surface area contributed by atoms with Gasteiger partial charge in [-0.25, -0.2) is 15.0 Å². The first-order chi connectivity index (χ1) is 18.1. The third-order valence-corrected chi connectivity index (χ3v) is 7.33. The maximum Gasteiger partial charge on any atom is 0.277 e. The number of anilines is 3. The van der Waals surface area contributed by atoms with Gasteiger partial charge >= 0.3 is 0 Å². The van der Waals surface area contributed by atoms with Gasteiger partial charge < -0.3 is 34.1 Å². The van der Waals surface area contributed by atoms with E-state index in [1.807, 2.05) is 11.0 Å². The van der Waals surface area contributed by atoms with E-state index in [2.05, 4.69) is 20.2 Å². The molecule has 4 aromatic rings. The molecule has 13 heteroatoms. The predicted octanol–water partition coefficient (Wildman–Crippen LogP) is 2.41. The molecule has 2 aliphatic rings. The lowest BCUT2D eigenvalue weighted by Gasteiger charge is -2.25. The normalized spacial score (nSPS) is 17.9. The molecule has 0 bridgehead atoms. The molecule has 6 heterocycles. The summed E-state index contributed by atoms with van der Waals surface area (Å²) >= 11 is 1.52. The van der Waals surface area contributed by atoms with Crippen LogP contribution >= 0.6 is 11.3 Å². The number of methoxy groups -OCH3 is 1. The van der Waals surface area contributed by atoms with Crippen LogP contribution in [0, 0.1) is 0 Å². The number of aromatic nitrogens is 4. The zero-order valence-corrected chi connectivity index (χ0v) is 20.9. The number of pyridine rings is 2. The predicted molar refractivity (Wildman–Crippen MR) is 138 cm³/mol. The number of nitrogens with one attached hydrogen (secondary N) is 1. The van der Waals surface area contributed by atoms with Gasteiger partial charge in [-0.05, 0) is 18.6 Å². The maximum absolute atomic E-state index is 13.2. The highest BCUT2D eigenvalue weighted by atomic mass is 32.1. The number of carbonyl (C=O) groups is 1. The van der Waals surface area contributed by atoms with Crippen molar-refractivity contribution in [3.8, 4) is 17.3 Å². The number of fused-ring (bicyclic) bond motifs is 1. The Balaban J connectivity index is 1.29. The Morgan fingerprint density at radius 3 is 2.78 bits per heavy atom. The Morgan fingerprint density at radius 2 is 2.05 bits per heavy atom. The molecular weight excluding hydrogens is 498 g/mol. The Labute approximate surface area is 215 Å². The summed E-state index contributed by atoms with van der Waals surface area (Å²) in [5, 5.41) is 13.9. The van der Waals surface area contributed by atoms with Crippen molar-refractivity contribution in [3.63, 3.8) is 0 Å². The van der Waals surface area contributed by atoms with Gasteiger partial charge in [0.1, 0.15) is 6.26 Å². The number of aliphatic hydroxyl groups is 1. The minimum absolute atomic E-state index is 0.122. The fourth-order valence-electron chi connectivity index (χ4n) is 4.32. The second kappa shape index (κ2) is 9.92. The average molecular weight is 524 g/mol. The van der Waals surface area contributed by atoms with E-state index in [0.29, 0.717) is 61.3 Å². The number of aliphatic hydroxyl groups excluding tert-OH is 1. The highest BCUT2D eigenvalue weighted by Crippen LogP contribution is 2.36. The Kier molecular flexibility index (Phi) is 6.32.